The summed E-state index contributed by atoms with van der Waals surface area (Å²) in [6, 6.07) is 7.67. The Balaban J connectivity index is 2.09. The van der Waals surface area contributed by atoms with Crippen LogP contribution >= 0.6 is 34.5 Å². The minimum atomic E-state index is -0.152. The number of halogens is 2. The SMILES string of the molecule is CN(Cc1cccc(Cl)c1)c1nc(C(=O)CCl)cs1. The topological polar surface area (TPSA) is 33.2 Å². The summed E-state index contributed by atoms with van der Waals surface area (Å²) in [4.78, 5) is 17.7. The number of carbonyl (C=O) groups excluding carboxylic acids is 1. The molecule has 2 aromatic rings. The van der Waals surface area contributed by atoms with E-state index in [0.29, 0.717) is 17.3 Å². The zero-order chi connectivity index (χ0) is 13.8. The van der Waals surface area contributed by atoms with Crippen molar-refractivity contribution in [2.45, 2.75) is 6.54 Å². The van der Waals surface area contributed by atoms with Crippen molar-refractivity contribution in [1.82, 2.24) is 4.98 Å². The normalized spacial score (nSPS) is 10.5. The maximum absolute atomic E-state index is 11.4. The van der Waals surface area contributed by atoms with Crippen LogP contribution in [0.1, 0.15) is 16.1 Å². The fourth-order valence-electron chi connectivity index (χ4n) is 1.61. The van der Waals surface area contributed by atoms with Gasteiger partial charge in [0.2, 0.25) is 0 Å². The zero-order valence-corrected chi connectivity index (χ0v) is 12.6. The summed E-state index contributed by atoms with van der Waals surface area (Å²) >= 11 is 12.9. The van der Waals surface area contributed by atoms with E-state index in [2.05, 4.69) is 4.98 Å². The van der Waals surface area contributed by atoms with Gasteiger partial charge in [0, 0.05) is 24.0 Å². The molecule has 0 aliphatic rings. The van der Waals surface area contributed by atoms with Crippen molar-refractivity contribution in [3.8, 4) is 0 Å². The van der Waals surface area contributed by atoms with E-state index in [1.54, 1.807) is 5.38 Å². The quantitative estimate of drug-likeness (QED) is 0.620. The first-order valence-corrected chi connectivity index (χ1v) is 7.39. The smallest absolute Gasteiger partial charge is 0.196 e. The van der Waals surface area contributed by atoms with Gasteiger partial charge >= 0.3 is 0 Å². The molecule has 0 saturated carbocycles. The summed E-state index contributed by atoms with van der Waals surface area (Å²) in [6.45, 7) is 0.683. The summed E-state index contributed by atoms with van der Waals surface area (Å²) < 4.78 is 0. The van der Waals surface area contributed by atoms with Crippen LogP contribution in [0.15, 0.2) is 29.6 Å². The highest BCUT2D eigenvalue weighted by Crippen LogP contribution is 2.22. The predicted octanol–water partition coefficient (Wildman–Crippen LogP) is 3.85. The second kappa shape index (κ2) is 6.37. The second-order valence-corrected chi connectivity index (χ2v) is 5.60. The summed E-state index contributed by atoms with van der Waals surface area (Å²) in [7, 11) is 1.93. The number of rotatable bonds is 5. The molecule has 1 heterocycles. The summed E-state index contributed by atoms with van der Waals surface area (Å²) in [5, 5.41) is 3.23. The van der Waals surface area contributed by atoms with Crippen LogP contribution in [-0.4, -0.2) is 23.7 Å². The molecule has 0 spiro atoms. The van der Waals surface area contributed by atoms with Gasteiger partial charge in [-0.1, -0.05) is 23.7 Å². The van der Waals surface area contributed by atoms with Gasteiger partial charge in [-0.15, -0.1) is 22.9 Å². The van der Waals surface area contributed by atoms with E-state index < -0.39 is 0 Å². The summed E-state index contributed by atoms with van der Waals surface area (Å²) in [5.41, 5.74) is 1.52. The zero-order valence-electron chi connectivity index (χ0n) is 10.3. The van der Waals surface area contributed by atoms with Gasteiger partial charge in [0.25, 0.3) is 0 Å². The lowest BCUT2D eigenvalue weighted by atomic mass is 10.2. The van der Waals surface area contributed by atoms with Crippen LogP contribution in [0.3, 0.4) is 0 Å². The predicted molar refractivity (Wildman–Crippen MR) is 80.7 cm³/mol. The molecule has 6 heteroatoms. The fraction of sp³-hybridized carbons (Fsp3) is 0.231. The van der Waals surface area contributed by atoms with Crippen LogP contribution in [-0.2, 0) is 6.54 Å². The maximum atomic E-state index is 11.4. The molecule has 0 saturated heterocycles. The number of carbonyl (C=O) groups is 1. The fourth-order valence-corrected chi connectivity index (χ4v) is 2.76. The number of ketones is 1. The molecule has 0 bridgehead atoms. The molecule has 1 aromatic heterocycles. The molecule has 2 rings (SSSR count). The number of anilines is 1. The Morgan fingerprint density at radius 1 is 1.47 bits per heavy atom. The lowest BCUT2D eigenvalue weighted by Crippen LogP contribution is -2.16. The molecule has 0 atom stereocenters. The van der Waals surface area contributed by atoms with Gasteiger partial charge < -0.3 is 4.90 Å². The van der Waals surface area contributed by atoms with Crippen molar-refractivity contribution in [1.29, 1.82) is 0 Å². The first kappa shape index (κ1) is 14.3. The van der Waals surface area contributed by atoms with E-state index in [1.807, 2.05) is 36.2 Å². The summed E-state index contributed by atoms with van der Waals surface area (Å²) in [6.07, 6.45) is 0. The number of thiazole rings is 1. The number of nitrogens with zero attached hydrogens (tertiary/aromatic N) is 2. The Hall–Kier alpha value is -1.10. The molecule has 19 heavy (non-hydrogen) atoms. The van der Waals surface area contributed by atoms with Crippen LogP contribution < -0.4 is 4.90 Å². The van der Waals surface area contributed by atoms with Gasteiger partial charge in [0.15, 0.2) is 10.9 Å². The van der Waals surface area contributed by atoms with Crippen LogP contribution in [0.2, 0.25) is 5.02 Å². The number of aromatic nitrogens is 1. The molecular formula is C13H12Cl2N2OS. The molecule has 0 fully saturated rings. The molecule has 100 valence electrons. The molecule has 0 N–H and O–H groups in total. The highest BCUT2D eigenvalue weighted by molar-refractivity contribution is 7.13. The molecule has 0 aliphatic heterocycles. The second-order valence-electron chi connectivity index (χ2n) is 4.06. The monoisotopic (exact) mass is 314 g/mol. The number of Topliss-reactive ketones (excluding diaryl/α,β-unsaturated/α-hetero) is 1. The van der Waals surface area contributed by atoms with Crippen LogP contribution in [0, 0.1) is 0 Å². The molecule has 0 radical (unpaired) electrons. The van der Waals surface area contributed by atoms with Gasteiger partial charge in [-0.3, -0.25) is 4.79 Å². The van der Waals surface area contributed by atoms with Gasteiger partial charge in [-0.05, 0) is 17.7 Å². The van der Waals surface area contributed by atoms with E-state index in [-0.39, 0.29) is 11.7 Å². The highest BCUT2D eigenvalue weighted by Gasteiger charge is 2.12. The number of hydrogen-bond acceptors (Lipinski definition) is 4. The molecule has 1 aromatic carbocycles. The number of hydrogen-bond donors (Lipinski definition) is 0. The van der Waals surface area contributed by atoms with Gasteiger partial charge in [0.05, 0.1) is 5.88 Å². The first-order chi connectivity index (χ1) is 9.10. The van der Waals surface area contributed by atoms with Crippen molar-refractivity contribution in [3.05, 3.63) is 45.9 Å². The van der Waals surface area contributed by atoms with Crippen LogP contribution in [0.5, 0.6) is 0 Å². The number of alkyl halides is 1. The van der Waals surface area contributed by atoms with Crippen molar-refractivity contribution < 1.29 is 4.79 Å². The van der Waals surface area contributed by atoms with E-state index >= 15 is 0 Å². The highest BCUT2D eigenvalue weighted by atomic mass is 35.5. The lowest BCUT2D eigenvalue weighted by Gasteiger charge is -2.15. The number of benzene rings is 1. The molecule has 0 aliphatic carbocycles. The Labute approximate surface area is 125 Å². The first-order valence-electron chi connectivity index (χ1n) is 5.60. The van der Waals surface area contributed by atoms with Crippen molar-refractivity contribution >= 4 is 45.5 Å². The minimum absolute atomic E-state index is 0.0405. The van der Waals surface area contributed by atoms with E-state index in [1.165, 1.54) is 11.3 Å². The van der Waals surface area contributed by atoms with E-state index in [0.717, 1.165) is 10.7 Å². The Morgan fingerprint density at radius 3 is 2.95 bits per heavy atom. The Kier molecular flexibility index (Phi) is 4.80. The van der Waals surface area contributed by atoms with Crippen molar-refractivity contribution in [3.63, 3.8) is 0 Å². The molecule has 3 nitrogen and oxygen atoms in total. The average Bonchev–Trinajstić information content (AvgIpc) is 2.87. The van der Waals surface area contributed by atoms with Crippen LogP contribution in [0.4, 0.5) is 5.13 Å². The summed E-state index contributed by atoms with van der Waals surface area (Å²) in [5.74, 6) is -0.193. The molecule has 0 amide bonds. The van der Waals surface area contributed by atoms with Crippen molar-refractivity contribution in [2.75, 3.05) is 17.8 Å². The van der Waals surface area contributed by atoms with E-state index in [4.69, 9.17) is 23.2 Å². The van der Waals surface area contributed by atoms with Gasteiger partial charge in [-0.25, -0.2) is 4.98 Å². The Bertz CT molecular complexity index is 586. The molecular weight excluding hydrogens is 303 g/mol. The third kappa shape index (κ3) is 3.69. The van der Waals surface area contributed by atoms with Gasteiger partial charge in [-0.2, -0.15) is 0 Å². The lowest BCUT2D eigenvalue weighted by molar-refractivity contribution is 0.101. The van der Waals surface area contributed by atoms with Crippen LogP contribution in [0.25, 0.3) is 0 Å². The third-order valence-corrected chi connectivity index (χ3v) is 3.97. The van der Waals surface area contributed by atoms with E-state index in [9.17, 15) is 4.79 Å². The third-order valence-electron chi connectivity index (χ3n) is 2.53. The maximum Gasteiger partial charge on any atom is 0.196 e. The standard InChI is InChI=1S/C13H12Cl2N2OS/c1-17(7-9-3-2-4-10(15)5-9)13-16-11(8-19-13)12(18)6-14/h2-5,8H,6-7H2,1H3. The average molecular weight is 315 g/mol. The largest absolute Gasteiger partial charge is 0.347 e. The molecule has 0 unspecified atom stereocenters. The van der Waals surface area contributed by atoms with Gasteiger partial charge in [0.1, 0.15) is 5.69 Å². The Morgan fingerprint density at radius 2 is 2.26 bits per heavy atom. The van der Waals surface area contributed by atoms with Crippen molar-refractivity contribution in [2.24, 2.45) is 0 Å². The minimum Gasteiger partial charge on any atom is -0.347 e.